The molecule has 1 N–H and O–H groups in total. The Hall–Kier alpha value is -1.94. The molecule has 0 aliphatic heterocycles. The van der Waals surface area contributed by atoms with E-state index in [9.17, 15) is 0 Å². The van der Waals surface area contributed by atoms with E-state index in [1.807, 2.05) is 37.3 Å². The van der Waals surface area contributed by atoms with Crippen LogP contribution in [0.4, 0.5) is 5.69 Å². The van der Waals surface area contributed by atoms with Crippen molar-refractivity contribution in [3.63, 3.8) is 0 Å². The predicted octanol–water partition coefficient (Wildman–Crippen LogP) is 4.31. The summed E-state index contributed by atoms with van der Waals surface area (Å²) < 4.78 is 0.829. The molecule has 3 nitrogen and oxygen atoms in total. The van der Waals surface area contributed by atoms with Crippen LogP contribution in [0.3, 0.4) is 0 Å². The standard InChI is InChI=1S/C16H14BrN3/c1-11-9-12(13-5-2-3-6-14(13)20-11)10-19-15-7-4-8-18-16(15)17/h2-9,19H,10H2,1H3. The molecule has 1 aromatic carbocycles. The zero-order valence-electron chi connectivity index (χ0n) is 11.1. The monoisotopic (exact) mass is 327 g/mol. The van der Waals surface area contributed by atoms with E-state index in [-0.39, 0.29) is 0 Å². The summed E-state index contributed by atoms with van der Waals surface area (Å²) in [5.74, 6) is 0. The summed E-state index contributed by atoms with van der Waals surface area (Å²) in [5.41, 5.74) is 4.30. The molecule has 0 saturated carbocycles. The molecule has 0 aliphatic carbocycles. The highest BCUT2D eigenvalue weighted by Gasteiger charge is 2.05. The van der Waals surface area contributed by atoms with E-state index in [0.717, 1.165) is 28.0 Å². The first-order valence-electron chi connectivity index (χ1n) is 6.44. The van der Waals surface area contributed by atoms with Crippen LogP contribution in [0.5, 0.6) is 0 Å². The Morgan fingerprint density at radius 1 is 1.15 bits per heavy atom. The van der Waals surface area contributed by atoms with Crippen LogP contribution in [0.2, 0.25) is 0 Å². The van der Waals surface area contributed by atoms with Gasteiger partial charge in [0, 0.05) is 23.8 Å². The van der Waals surface area contributed by atoms with Crippen LogP contribution in [-0.2, 0) is 6.54 Å². The molecule has 0 bridgehead atoms. The molecule has 0 spiro atoms. The van der Waals surface area contributed by atoms with Crippen molar-refractivity contribution in [1.82, 2.24) is 9.97 Å². The lowest BCUT2D eigenvalue weighted by molar-refractivity contribution is 1.12. The van der Waals surface area contributed by atoms with Gasteiger partial charge in [0.2, 0.25) is 0 Å². The number of pyridine rings is 2. The number of nitrogens with one attached hydrogen (secondary N) is 1. The lowest BCUT2D eigenvalue weighted by Crippen LogP contribution is -2.02. The molecule has 4 heteroatoms. The number of hydrogen-bond acceptors (Lipinski definition) is 3. The van der Waals surface area contributed by atoms with Crippen LogP contribution < -0.4 is 5.32 Å². The van der Waals surface area contributed by atoms with Crippen LogP contribution in [0.25, 0.3) is 10.9 Å². The molecular weight excluding hydrogens is 314 g/mol. The number of rotatable bonds is 3. The van der Waals surface area contributed by atoms with Gasteiger partial charge in [0.05, 0.1) is 11.2 Å². The van der Waals surface area contributed by atoms with Gasteiger partial charge < -0.3 is 5.32 Å². The maximum absolute atomic E-state index is 4.56. The van der Waals surface area contributed by atoms with E-state index < -0.39 is 0 Å². The maximum atomic E-state index is 4.56. The fourth-order valence-corrected chi connectivity index (χ4v) is 2.64. The number of halogens is 1. The van der Waals surface area contributed by atoms with Gasteiger partial charge in [0.1, 0.15) is 4.60 Å². The Labute approximate surface area is 126 Å². The van der Waals surface area contributed by atoms with Gasteiger partial charge in [-0.3, -0.25) is 4.98 Å². The third kappa shape index (κ3) is 2.65. The Morgan fingerprint density at radius 2 is 2.00 bits per heavy atom. The highest BCUT2D eigenvalue weighted by molar-refractivity contribution is 9.10. The number of fused-ring (bicyclic) bond motifs is 1. The number of para-hydroxylation sites is 1. The SMILES string of the molecule is Cc1cc(CNc2cccnc2Br)c2ccccc2n1. The topological polar surface area (TPSA) is 37.8 Å². The molecule has 0 unspecified atom stereocenters. The second kappa shape index (κ2) is 5.59. The summed E-state index contributed by atoms with van der Waals surface area (Å²) in [6, 6.07) is 14.3. The highest BCUT2D eigenvalue weighted by Crippen LogP contribution is 2.22. The molecule has 3 rings (SSSR count). The van der Waals surface area contributed by atoms with Gasteiger partial charge in [0.25, 0.3) is 0 Å². The highest BCUT2D eigenvalue weighted by atomic mass is 79.9. The molecular formula is C16H14BrN3. The average Bonchev–Trinajstić information content (AvgIpc) is 2.46. The Bertz CT molecular complexity index is 756. The van der Waals surface area contributed by atoms with E-state index in [1.54, 1.807) is 6.20 Å². The van der Waals surface area contributed by atoms with Crippen molar-refractivity contribution < 1.29 is 0 Å². The molecule has 2 aromatic heterocycles. The first-order chi connectivity index (χ1) is 9.74. The van der Waals surface area contributed by atoms with Crippen molar-refractivity contribution in [3.8, 4) is 0 Å². The summed E-state index contributed by atoms with van der Waals surface area (Å²) in [7, 11) is 0. The Kier molecular flexibility index (Phi) is 3.65. The van der Waals surface area contributed by atoms with Gasteiger partial charge >= 0.3 is 0 Å². The van der Waals surface area contributed by atoms with Crippen LogP contribution in [0.1, 0.15) is 11.3 Å². The van der Waals surface area contributed by atoms with Crippen molar-refractivity contribution in [1.29, 1.82) is 0 Å². The predicted molar refractivity (Wildman–Crippen MR) is 85.7 cm³/mol. The minimum atomic E-state index is 0.744. The van der Waals surface area contributed by atoms with Crippen molar-refractivity contribution in [2.24, 2.45) is 0 Å². The molecule has 0 amide bonds. The summed E-state index contributed by atoms with van der Waals surface area (Å²) in [5, 5.41) is 4.60. The van der Waals surface area contributed by atoms with Crippen molar-refractivity contribution >= 4 is 32.5 Å². The summed E-state index contributed by atoms with van der Waals surface area (Å²) in [4.78, 5) is 8.77. The number of aromatic nitrogens is 2. The molecule has 0 radical (unpaired) electrons. The Morgan fingerprint density at radius 3 is 2.85 bits per heavy atom. The average molecular weight is 328 g/mol. The third-order valence-corrected chi connectivity index (χ3v) is 3.79. The van der Waals surface area contributed by atoms with Gasteiger partial charge in [-0.1, -0.05) is 18.2 Å². The smallest absolute Gasteiger partial charge is 0.129 e. The fraction of sp³-hybridized carbons (Fsp3) is 0.125. The number of anilines is 1. The molecule has 0 aliphatic rings. The van der Waals surface area contributed by atoms with E-state index in [0.29, 0.717) is 0 Å². The number of benzene rings is 1. The summed E-state index contributed by atoms with van der Waals surface area (Å²) in [6.45, 7) is 2.77. The molecule has 0 saturated heterocycles. The molecule has 0 atom stereocenters. The van der Waals surface area contributed by atoms with Crippen molar-refractivity contribution in [2.45, 2.75) is 13.5 Å². The molecule has 20 heavy (non-hydrogen) atoms. The van der Waals surface area contributed by atoms with E-state index >= 15 is 0 Å². The lowest BCUT2D eigenvalue weighted by Gasteiger charge is -2.11. The van der Waals surface area contributed by atoms with Gasteiger partial charge in [-0.05, 0) is 52.7 Å². The van der Waals surface area contributed by atoms with E-state index in [2.05, 4.69) is 43.3 Å². The van der Waals surface area contributed by atoms with Gasteiger partial charge in [0.15, 0.2) is 0 Å². The van der Waals surface area contributed by atoms with Crippen molar-refractivity contribution in [2.75, 3.05) is 5.32 Å². The van der Waals surface area contributed by atoms with Gasteiger partial charge in [-0.25, -0.2) is 4.98 Å². The Balaban J connectivity index is 1.93. The fourth-order valence-electron chi connectivity index (χ4n) is 2.25. The number of nitrogens with zero attached hydrogens (tertiary/aromatic N) is 2. The van der Waals surface area contributed by atoms with Crippen molar-refractivity contribution in [3.05, 3.63) is 64.5 Å². The second-order valence-corrected chi connectivity index (χ2v) is 5.39. The maximum Gasteiger partial charge on any atom is 0.129 e. The minimum absolute atomic E-state index is 0.744. The molecule has 2 heterocycles. The minimum Gasteiger partial charge on any atom is -0.379 e. The van der Waals surface area contributed by atoms with Gasteiger partial charge in [-0.15, -0.1) is 0 Å². The summed E-state index contributed by atoms with van der Waals surface area (Å²) >= 11 is 3.45. The second-order valence-electron chi connectivity index (χ2n) is 4.64. The summed E-state index contributed by atoms with van der Waals surface area (Å²) in [6.07, 6.45) is 1.77. The molecule has 3 aromatic rings. The van der Waals surface area contributed by atoms with Crippen LogP contribution in [0, 0.1) is 6.92 Å². The molecule has 0 fully saturated rings. The zero-order valence-corrected chi connectivity index (χ0v) is 12.7. The van der Waals surface area contributed by atoms with Crippen LogP contribution in [0.15, 0.2) is 53.3 Å². The van der Waals surface area contributed by atoms with Gasteiger partial charge in [-0.2, -0.15) is 0 Å². The first kappa shape index (κ1) is 13.1. The first-order valence-corrected chi connectivity index (χ1v) is 7.23. The lowest BCUT2D eigenvalue weighted by atomic mass is 10.1. The zero-order chi connectivity index (χ0) is 13.9. The van der Waals surface area contributed by atoms with E-state index in [1.165, 1.54) is 10.9 Å². The normalized spacial score (nSPS) is 10.7. The van der Waals surface area contributed by atoms with Crippen LogP contribution >= 0.6 is 15.9 Å². The number of hydrogen-bond donors (Lipinski definition) is 1. The molecule has 100 valence electrons. The van der Waals surface area contributed by atoms with E-state index in [4.69, 9.17) is 0 Å². The van der Waals surface area contributed by atoms with Crippen LogP contribution in [-0.4, -0.2) is 9.97 Å². The largest absolute Gasteiger partial charge is 0.379 e. The number of aryl methyl sites for hydroxylation is 1. The quantitative estimate of drug-likeness (QED) is 0.728. The third-order valence-electron chi connectivity index (χ3n) is 3.16.